The van der Waals surface area contributed by atoms with Gasteiger partial charge in [0.1, 0.15) is 6.29 Å². The maximum absolute atomic E-state index is 11.2. The molecule has 0 aliphatic heterocycles. The van der Waals surface area contributed by atoms with Crippen molar-refractivity contribution in [2.45, 2.75) is 80.6 Å². The van der Waals surface area contributed by atoms with E-state index in [1.165, 1.54) is 31.3 Å². The normalized spacial score (nSPS) is 46.0. The van der Waals surface area contributed by atoms with Crippen LogP contribution in [0, 0.1) is 40.4 Å². The van der Waals surface area contributed by atoms with E-state index in [2.05, 4.69) is 48.5 Å². The maximum Gasteiger partial charge on any atom is 0.142 e. The van der Waals surface area contributed by atoms with Crippen LogP contribution in [0.5, 0.6) is 0 Å². The van der Waals surface area contributed by atoms with Gasteiger partial charge in [-0.05, 0) is 72.2 Å². The standard InChI is InChI=1S/C22H38O/c1-8-12-21(6)18(11-13-23)9-10-19-17(5)22(7,15(2)3)14-16(4)20(19)21/h11,13,15-17,19-20H,8-10,12,14H2,1-7H3/b18-11-. The van der Waals surface area contributed by atoms with Crippen molar-refractivity contribution >= 4 is 6.29 Å². The Bertz CT molecular complexity index is 463. The topological polar surface area (TPSA) is 17.1 Å². The van der Waals surface area contributed by atoms with Gasteiger partial charge in [0.25, 0.3) is 0 Å². The van der Waals surface area contributed by atoms with Crippen molar-refractivity contribution in [3.05, 3.63) is 11.6 Å². The second-order valence-corrected chi connectivity index (χ2v) is 9.35. The van der Waals surface area contributed by atoms with E-state index in [-0.39, 0.29) is 5.41 Å². The first-order chi connectivity index (χ1) is 10.7. The van der Waals surface area contributed by atoms with Gasteiger partial charge < -0.3 is 0 Å². The van der Waals surface area contributed by atoms with Gasteiger partial charge in [-0.25, -0.2) is 0 Å². The van der Waals surface area contributed by atoms with Gasteiger partial charge in [-0.15, -0.1) is 0 Å². The second-order valence-electron chi connectivity index (χ2n) is 9.35. The van der Waals surface area contributed by atoms with E-state index >= 15 is 0 Å². The maximum atomic E-state index is 11.2. The summed E-state index contributed by atoms with van der Waals surface area (Å²) in [6, 6.07) is 0. The highest BCUT2D eigenvalue weighted by Crippen LogP contribution is 2.63. The van der Waals surface area contributed by atoms with E-state index in [0.717, 1.165) is 42.3 Å². The fourth-order valence-corrected chi connectivity index (χ4v) is 6.54. The third-order valence-corrected chi connectivity index (χ3v) is 8.09. The highest BCUT2D eigenvalue weighted by atomic mass is 16.1. The monoisotopic (exact) mass is 318 g/mol. The Morgan fingerprint density at radius 1 is 1.26 bits per heavy atom. The van der Waals surface area contributed by atoms with Gasteiger partial charge in [0.15, 0.2) is 0 Å². The van der Waals surface area contributed by atoms with Crippen LogP contribution in [0.2, 0.25) is 0 Å². The highest BCUT2D eigenvalue weighted by Gasteiger charge is 2.55. The number of fused-ring (bicyclic) bond motifs is 1. The fourth-order valence-electron chi connectivity index (χ4n) is 6.54. The first-order valence-corrected chi connectivity index (χ1v) is 9.87. The molecule has 2 aliphatic rings. The number of carbonyl (C=O) groups is 1. The van der Waals surface area contributed by atoms with Crippen LogP contribution in [0.1, 0.15) is 80.6 Å². The minimum Gasteiger partial charge on any atom is -0.299 e. The van der Waals surface area contributed by atoms with E-state index < -0.39 is 0 Å². The Morgan fingerprint density at radius 3 is 2.43 bits per heavy atom. The van der Waals surface area contributed by atoms with E-state index in [9.17, 15) is 4.79 Å². The molecular formula is C22H38O. The summed E-state index contributed by atoms with van der Waals surface area (Å²) in [6.45, 7) is 17.1. The molecule has 0 bridgehead atoms. The van der Waals surface area contributed by atoms with Crippen molar-refractivity contribution in [3.63, 3.8) is 0 Å². The lowest BCUT2D eigenvalue weighted by Gasteiger charge is -2.61. The average Bonchev–Trinajstić information content (AvgIpc) is 2.47. The molecule has 6 atom stereocenters. The van der Waals surface area contributed by atoms with Gasteiger partial charge in [-0.3, -0.25) is 4.79 Å². The summed E-state index contributed by atoms with van der Waals surface area (Å²) in [5.41, 5.74) is 2.12. The van der Waals surface area contributed by atoms with Crippen molar-refractivity contribution in [1.82, 2.24) is 0 Å². The lowest BCUT2D eigenvalue weighted by atomic mass is 9.44. The summed E-state index contributed by atoms with van der Waals surface area (Å²) >= 11 is 0. The molecule has 132 valence electrons. The molecule has 0 saturated heterocycles. The Balaban J connectivity index is 2.44. The molecular weight excluding hydrogens is 280 g/mol. The Morgan fingerprint density at radius 2 is 1.91 bits per heavy atom. The number of rotatable bonds is 4. The zero-order valence-electron chi connectivity index (χ0n) is 16.5. The SMILES string of the molecule is CCCC1(C)/C(=C\C=O)CCC2C1C(C)CC(C)(C(C)C)C2C. The van der Waals surface area contributed by atoms with Crippen molar-refractivity contribution in [1.29, 1.82) is 0 Å². The molecule has 0 aromatic heterocycles. The molecule has 0 spiro atoms. The third kappa shape index (κ3) is 2.94. The van der Waals surface area contributed by atoms with Crippen LogP contribution >= 0.6 is 0 Å². The van der Waals surface area contributed by atoms with Crippen LogP contribution in [0.3, 0.4) is 0 Å². The first-order valence-electron chi connectivity index (χ1n) is 9.87. The molecule has 0 amide bonds. The largest absolute Gasteiger partial charge is 0.299 e. The first kappa shape index (κ1) is 18.7. The smallest absolute Gasteiger partial charge is 0.142 e. The molecule has 2 fully saturated rings. The number of hydrogen-bond acceptors (Lipinski definition) is 1. The van der Waals surface area contributed by atoms with Crippen LogP contribution in [0.25, 0.3) is 0 Å². The third-order valence-electron chi connectivity index (χ3n) is 8.09. The molecule has 2 aliphatic carbocycles. The zero-order chi connectivity index (χ0) is 17.4. The molecule has 0 radical (unpaired) electrons. The van der Waals surface area contributed by atoms with Crippen molar-refractivity contribution in [2.75, 3.05) is 0 Å². The summed E-state index contributed by atoms with van der Waals surface area (Å²) in [5, 5.41) is 0. The van der Waals surface area contributed by atoms with Crippen LogP contribution in [-0.2, 0) is 4.79 Å². The fraction of sp³-hybridized carbons (Fsp3) is 0.864. The van der Waals surface area contributed by atoms with Gasteiger partial charge in [0.2, 0.25) is 0 Å². The van der Waals surface area contributed by atoms with Crippen molar-refractivity contribution < 1.29 is 4.79 Å². The molecule has 2 rings (SSSR count). The lowest BCUT2D eigenvalue weighted by molar-refractivity contribution is -0.105. The summed E-state index contributed by atoms with van der Waals surface area (Å²) in [5.74, 6) is 3.81. The molecule has 0 heterocycles. The molecule has 2 saturated carbocycles. The lowest BCUT2D eigenvalue weighted by Crippen LogP contribution is -2.54. The highest BCUT2D eigenvalue weighted by molar-refractivity contribution is 5.66. The van der Waals surface area contributed by atoms with Gasteiger partial charge in [0, 0.05) is 0 Å². The van der Waals surface area contributed by atoms with E-state index in [4.69, 9.17) is 0 Å². The number of aldehydes is 1. The summed E-state index contributed by atoms with van der Waals surface area (Å²) < 4.78 is 0. The molecule has 1 heteroatoms. The summed E-state index contributed by atoms with van der Waals surface area (Å²) in [6.07, 6.45) is 9.10. The van der Waals surface area contributed by atoms with Crippen LogP contribution < -0.4 is 0 Å². The van der Waals surface area contributed by atoms with Crippen molar-refractivity contribution in [2.24, 2.45) is 40.4 Å². The van der Waals surface area contributed by atoms with Crippen LogP contribution in [0.15, 0.2) is 11.6 Å². The van der Waals surface area contributed by atoms with E-state index in [1.807, 2.05) is 6.08 Å². The Labute approximate surface area is 144 Å². The molecule has 1 nitrogen and oxygen atoms in total. The van der Waals surface area contributed by atoms with Gasteiger partial charge in [-0.2, -0.15) is 0 Å². The summed E-state index contributed by atoms with van der Waals surface area (Å²) in [7, 11) is 0. The molecule has 0 aromatic carbocycles. The molecule has 23 heavy (non-hydrogen) atoms. The number of hydrogen-bond donors (Lipinski definition) is 0. The van der Waals surface area contributed by atoms with Gasteiger partial charge in [-0.1, -0.05) is 60.5 Å². The van der Waals surface area contributed by atoms with Crippen molar-refractivity contribution in [3.8, 4) is 0 Å². The van der Waals surface area contributed by atoms with Gasteiger partial charge in [0.05, 0.1) is 0 Å². The Kier molecular flexibility index (Phi) is 5.48. The summed E-state index contributed by atoms with van der Waals surface area (Å²) in [4.78, 5) is 11.2. The number of carbonyl (C=O) groups excluding carboxylic acids is 1. The predicted molar refractivity (Wildman–Crippen MR) is 99.3 cm³/mol. The van der Waals surface area contributed by atoms with Crippen LogP contribution in [-0.4, -0.2) is 6.29 Å². The molecule has 6 unspecified atom stereocenters. The number of allylic oxidation sites excluding steroid dienone is 2. The van der Waals surface area contributed by atoms with E-state index in [1.54, 1.807) is 0 Å². The predicted octanol–water partition coefficient (Wildman–Crippen LogP) is 6.28. The zero-order valence-corrected chi connectivity index (χ0v) is 16.5. The van der Waals surface area contributed by atoms with Crippen LogP contribution in [0.4, 0.5) is 0 Å². The van der Waals surface area contributed by atoms with E-state index in [0.29, 0.717) is 5.41 Å². The quantitative estimate of drug-likeness (QED) is 0.440. The molecule has 0 aromatic rings. The minimum absolute atomic E-state index is 0.227. The van der Waals surface area contributed by atoms with Gasteiger partial charge >= 0.3 is 0 Å². The average molecular weight is 319 g/mol. The second kappa shape index (κ2) is 6.73. The minimum atomic E-state index is 0.227. The Hall–Kier alpha value is -0.590. The molecule has 0 N–H and O–H groups in total.